The first kappa shape index (κ1) is 14.3. The van der Waals surface area contributed by atoms with Crippen LogP contribution in [0.2, 0.25) is 0 Å². The van der Waals surface area contributed by atoms with E-state index in [4.69, 9.17) is 0 Å². The third-order valence-electron chi connectivity index (χ3n) is 4.92. The quantitative estimate of drug-likeness (QED) is 0.830. The van der Waals surface area contributed by atoms with Crippen LogP contribution in [0.25, 0.3) is 0 Å². The van der Waals surface area contributed by atoms with Crippen molar-refractivity contribution >= 4 is 0 Å². The second kappa shape index (κ2) is 4.79. The predicted molar refractivity (Wildman–Crippen MR) is 78.8 cm³/mol. The maximum atomic E-state index is 3.83. The lowest BCUT2D eigenvalue weighted by Gasteiger charge is -2.52. The minimum absolute atomic E-state index is 0.361. The first-order chi connectivity index (χ1) is 8.23. The molecule has 1 aliphatic carbocycles. The molecule has 2 fully saturated rings. The lowest BCUT2D eigenvalue weighted by Crippen LogP contribution is -2.67. The molecule has 2 nitrogen and oxygen atoms in total. The molecule has 2 unspecified atom stereocenters. The van der Waals surface area contributed by atoms with E-state index in [1.54, 1.807) is 0 Å². The van der Waals surface area contributed by atoms with Gasteiger partial charge >= 0.3 is 0 Å². The monoisotopic (exact) mass is 252 g/mol. The number of hydrogen-bond acceptors (Lipinski definition) is 2. The summed E-state index contributed by atoms with van der Waals surface area (Å²) in [6.45, 7) is 17.9. The van der Waals surface area contributed by atoms with E-state index in [0.717, 1.165) is 11.8 Å². The highest BCUT2D eigenvalue weighted by Gasteiger charge is 2.49. The minimum atomic E-state index is 0.361. The molecule has 18 heavy (non-hydrogen) atoms. The number of nitrogens with one attached hydrogen (secondary N) is 1. The van der Waals surface area contributed by atoms with E-state index in [0.29, 0.717) is 17.0 Å². The van der Waals surface area contributed by atoms with Crippen LogP contribution in [0, 0.1) is 17.3 Å². The van der Waals surface area contributed by atoms with Crippen LogP contribution in [-0.2, 0) is 0 Å². The van der Waals surface area contributed by atoms with Gasteiger partial charge in [0.05, 0.1) is 0 Å². The summed E-state index contributed by atoms with van der Waals surface area (Å²) < 4.78 is 0. The molecule has 0 radical (unpaired) electrons. The van der Waals surface area contributed by atoms with Crippen molar-refractivity contribution < 1.29 is 0 Å². The molecule has 106 valence electrons. The second-order valence-electron chi connectivity index (χ2n) is 8.23. The van der Waals surface area contributed by atoms with Gasteiger partial charge < -0.3 is 5.32 Å². The fraction of sp³-hybridized carbons (Fsp3) is 1.00. The Balaban J connectivity index is 2.10. The maximum absolute atomic E-state index is 3.83. The second-order valence-corrected chi connectivity index (χ2v) is 8.23. The normalized spacial score (nSPS) is 35.2. The van der Waals surface area contributed by atoms with Crippen molar-refractivity contribution in [2.75, 3.05) is 19.6 Å². The topological polar surface area (TPSA) is 15.3 Å². The van der Waals surface area contributed by atoms with E-state index in [-0.39, 0.29) is 0 Å². The Hall–Kier alpha value is -0.0800. The first-order valence-electron chi connectivity index (χ1n) is 7.72. The molecule has 2 heteroatoms. The van der Waals surface area contributed by atoms with Crippen molar-refractivity contribution in [1.29, 1.82) is 0 Å². The van der Waals surface area contributed by atoms with Crippen molar-refractivity contribution in [3.8, 4) is 0 Å². The number of hydrogen-bond donors (Lipinski definition) is 1. The highest BCUT2D eigenvalue weighted by molar-refractivity contribution is 5.06. The highest BCUT2D eigenvalue weighted by atomic mass is 15.3. The van der Waals surface area contributed by atoms with Gasteiger partial charge in [-0.25, -0.2) is 0 Å². The van der Waals surface area contributed by atoms with Crippen LogP contribution in [0.1, 0.15) is 54.4 Å². The van der Waals surface area contributed by atoms with Gasteiger partial charge in [-0.15, -0.1) is 0 Å². The summed E-state index contributed by atoms with van der Waals surface area (Å²) in [5.41, 5.74) is 0.770. The average Bonchev–Trinajstić information content (AvgIpc) is 3.02. The van der Waals surface area contributed by atoms with Gasteiger partial charge in [0.2, 0.25) is 0 Å². The summed E-state index contributed by atoms with van der Waals surface area (Å²) in [4.78, 5) is 2.79. The fourth-order valence-electron chi connectivity index (χ4n) is 3.35. The summed E-state index contributed by atoms with van der Waals surface area (Å²) in [6.07, 6.45) is 2.87. The van der Waals surface area contributed by atoms with E-state index < -0.39 is 0 Å². The minimum Gasteiger partial charge on any atom is -0.310 e. The Morgan fingerprint density at radius 2 is 1.89 bits per heavy atom. The smallest absolute Gasteiger partial charge is 0.0334 e. The highest BCUT2D eigenvalue weighted by Crippen LogP contribution is 2.45. The van der Waals surface area contributed by atoms with E-state index >= 15 is 0 Å². The molecule has 1 saturated carbocycles. The first-order valence-corrected chi connectivity index (χ1v) is 7.72. The third-order valence-corrected chi connectivity index (χ3v) is 4.92. The molecule has 1 aliphatic heterocycles. The SMILES string of the molecule is CC(C)CN1CC(C(C)(C)C)NCC1(C)C1CC1. The zero-order valence-corrected chi connectivity index (χ0v) is 13.2. The Labute approximate surface area is 114 Å². The molecular weight excluding hydrogens is 220 g/mol. The lowest BCUT2D eigenvalue weighted by atomic mass is 9.80. The van der Waals surface area contributed by atoms with Crippen molar-refractivity contribution in [3.05, 3.63) is 0 Å². The van der Waals surface area contributed by atoms with Gasteiger partial charge in [-0.2, -0.15) is 0 Å². The summed E-state index contributed by atoms with van der Waals surface area (Å²) in [6, 6.07) is 0.628. The molecule has 0 amide bonds. The predicted octanol–water partition coefficient (Wildman–Crippen LogP) is 3.13. The van der Waals surface area contributed by atoms with E-state index in [1.807, 2.05) is 0 Å². The molecule has 2 atom stereocenters. The van der Waals surface area contributed by atoms with E-state index in [9.17, 15) is 0 Å². The van der Waals surface area contributed by atoms with Gasteiger partial charge in [-0.05, 0) is 37.0 Å². The van der Waals surface area contributed by atoms with Crippen LogP contribution >= 0.6 is 0 Å². The van der Waals surface area contributed by atoms with E-state index in [2.05, 4.69) is 51.8 Å². The standard InChI is InChI=1S/C16H32N2/c1-12(2)9-18-10-14(15(3,4)5)17-11-16(18,6)13-7-8-13/h12-14,17H,7-11H2,1-6H3. The van der Waals surface area contributed by atoms with Gasteiger partial charge in [0.15, 0.2) is 0 Å². The summed E-state index contributed by atoms with van der Waals surface area (Å²) >= 11 is 0. The van der Waals surface area contributed by atoms with Gasteiger partial charge in [0, 0.05) is 31.2 Å². The van der Waals surface area contributed by atoms with Crippen molar-refractivity contribution in [3.63, 3.8) is 0 Å². The fourth-order valence-corrected chi connectivity index (χ4v) is 3.35. The molecule has 2 rings (SSSR count). The molecule has 1 N–H and O–H groups in total. The number of nitrogens with zero attached hydrogens (tertiary/aromatic N) is 1. The Kier molecular flexibility index (Phi) is 3.81. The molecule has 0 aromatic heterocycles. The molecule has 0 aromatic rings. The third kappa shape index (κ3) is 2.91. The van der Waals surface area contributed by atoms with Crippen LogP contribution < -0.4 is 5.32 Å². The molecule has 1 saturated heterocycles. The van der Waals surface area contributed by atoms with Crippen molar-refractivity contribution in [1.82, 2.24) is 10.2 Å². The Morgan fingerprint density at radius 1 is 1.28 bits per heavy atom. The zero-order valence-electron chi connectivity index (χ0n) is 13.2. The van der Waals surface area contributed by atoms with Gasteiger partial charge in [0.1, 0.15) is 0 Å². The number of piperazine rings is 1. The van der Waals surface area contributed by atoms with Crippen LogP contribution in [0.15, 0.2) is 0 Å². The summed E-state index contributed by atoms with van der Waals surface area (Å²) in [5, 5.41) is 3.83. The van der Waals surface area contributed by atoms with Crippen LogP contribution in [-0.4, -0.2) is 36.1 Å². The Bertz CT molecular complexity index is 288. The molecule has 2 aliphatic rings. The van der Waals surface area contributed by atoms with Crippen LogP contribution in [0.3, 0.4) is 0 Å². The van der Waals surface area contributed by atoms with E-state index in [1.165, 1.54) is 32.5 Å². The summed E-state index contributed by atoms with van der Waals surface area (Å²) in [7, 11) is 0. The van der Waals surface area contributed by atoms with Crippen molar-refractivity contribution in [2.24, 2.45) is 17.3 Å². The molecule has 0 aromatic carbocycles. The lowest BCUT2D eigenvalue weighted by molar-refractivity contribution is 0.00276. The molecular formula is C16H32N2. The molecule has 1 heterocycles. The van der Waals surface area contributed by atoms with Gasteiger partial charge in [-0.1, -0.05) is 34.6 Å². The van der Waals surface area contributed by atoms with Gasteiger partial charge in [-0.3, -0.25) is 4.90 Å². The van der Waals surface area contributed by atoms with Crippen molar-refractivity contribution in [2.45, 2.75) is 66.0 Å². The zero-order chi connectivity index (χ0) is 13.6. The number of rotatable bonds is 3. The van der Waals surface area contributed by atoms with Gasteiger partial charge in [0.25, 0.3) is 0 Å². The average molecular weight is 252 g/mol. The van der Waals surface area contributed by atoms with Crippen LogP contribution in [0.5, 0.6) is 0 Å². The maximum Gasteiger partial charge on any atom is 0.0334 e. The largest absolute Gasteiger partial charge is 0.310 e. The van der Waals surface area contributed by atoms with Crippen LogP contribution in [0.4, 0.5) is 0 Å². The Morgan fingerprint density at radius 3 is 2.33 bits per heavy atom. The molecule has 0 spiro atoms. The summed E-state index contributed by atoms with van der Waals surface area (Å²) in [5.74, 6) is 1.70. The molecule has 0 bridgehead atoms.